The quantitative estimate of drug-likeness (QED) is 0.919. The number of aryl methyl sites for hydroxylation is 2. The van der Waals surface area contributed by atoms with Crippen LogP contribution in [0.1, 0.15) is 42.5 Å². The molecule has 4 nitrogen and oxygen atoms in total. The van der Waals surface area contributed by atoms with Crippen molar-refractivity contribution < 1.29 is 4.74 Å². The van der Waals surface area contributed by atoms with E-state index in [1.807, 2.05) is 7.11 Å². The van der Waals surface area contributed by atoms with E-state index in [4.69, 9.17) is 9.72 Å². The highest BCUT2D eigenvalue weighted by molar-refractivity contribution is 5.23. The van der Waals surface area contributed by atoms with Crippen LogP contribution < -0.4 is 0 Å². The lowest BCUT2D eigenvalue weighted by Gasteiger charge is -2.41. The van der Waals surface area contributed by atoms with Gasteiger partial charge in [-0.3, -0.25) is 4.90 Å². The second kappa shape index (κ2) is 6.85. The van der Waals surface area contributed by atoms with E-state index in [1.165, 1.54) is 17.0 Å². The molecule has 0 unspecified atom stereocenters. The van der Waals surface area contributed by atoms with Gasteiger partial charge < -0.3 is 9.72 Å². The first-order valence-corrected chi connectivity index (χ1v) is 8.54. The number of hydrogen-bond acceptors (Lipinski definition) is 3. The van der Waals surface area contributed by atoms with Crippen LogP contribution in [0.2, 0.25) is 0 Å². The minimum Gasteiger partial charge on any atom is -0.373 e. The summed E-state index contributed by atoms with van der Waals surface area (Å²) in [6.07, 6.45) is 3.01. The Morgan fingerprint density at radius 2 is 1.91 bits per heavy atom. The van der Waals surface area contributed by atoms with Gasteiger partial charge >= 0.3 is 0 Å². The van der Waals surface area contributed by atoms with E-state index in [0.29, 0.717) is 0 Å². The third kappa shape index (κ3) is 3.33. The van der Waals surface area contributed by atoms with Crippen molar-refractivity contribution in [2.24, 2.45) is 0 Å². The van der Waals surface area contributed by atoms with Gasteiger partial charge in [-0.2, -0.15) is 0 Å². The molecule has 0 amide bonds. The van der Waals surface area contributed by atoms with Crippen LogP contribution >= 0.6 is 0 Å². The number of nitrogens with one attached hydrogen (secondary N) is 1. The number of methoxy groups -OCH3 is 1. The first-order chi connectivity index (χ1) is 11.2. The second-order valence-electron chi connectivity index (χ2n) is 6.45. The lowest BCUT2D eigenvalue weighted by Crippen LogP contribution is -2.43. The van der Waals surface area contributed by atoms with Gasteiger partial charge in [-0.15, -0.1) is 0 Å². The lowest BCUT2D eigenvalue weighted by molar-refractivity contribution is -0.0639. The lowest BCUT2D eigenvalue weighted by atomic mass is 9.84. The highest BCUT2D eigenvalue weighted by Crippen LogP contribution is 2.36. The maximum atomic E-state index is 5.96. The topological polar surface area (TPSA) is 41.2 Å². The molecule has 4 heteroatoms. The number of rotatable bonds is 5. The number of imidazole rings is 1. The molecule has 124 valence electrons. The summed E-state index contributed by atoms with van der Waals surface area (Å²) in [5.74, 6) is 1.09. The first kappa shape index (κ1) is 16.2. The van der Waals surface area contributed by atoms with Gasteiger partial charge in [-0.1, -0.05) is 37.3 Å². The molecule has 1 fully saturated rings. The van der Waals surface area contributed by atoms with Gasteiger partial charge in [0.1, 0.15) is 5.82 Å². The minimum atomic E-state index is -0.132. The molecule has 1 aromatic heterocycles. The van der Waals surface area contributed by atoms with Crippen LogP contribution in [0, 0.1) is 6.92 Å². The number of H-pyrrole nitrogens is 1. The molecule has 0 bridgehead atoms. The normalized spacial score (nSPS) is 18.2. The molecule has 0 atom stereocenters. The average molecular weight is 313 g/mol. The van der Waals surface area contributed by atoms with Crippen molar-refractivity contribution in [1.82, 2.24) is 14.9 Å². The summed E-state index contributed by atoms with van der Waals surface area (Å²) >= 11 is 0. The summed E-state index contributed by atoms with van der Waals surface area (Å²) in [5.41, 5.74) is 3.55. The van der Waals surface area contributed by atoms with Crippen molar-refractivity contribution >= 4 is 0 Å². The summed E-state index contributed by atoms with van der Waals surface area (Å²) in [7, 11) is 1.84. The molecule has 0 spiro atoms. The smallest absolute Gasteiger partial charge is 0.106 e. The number of hydrogen-bond donors (Lipinski definition) is 1. The van der Waals surface area contributed by atoms with E-state index in [2.05, 4.69) is 54.1 Å². The van der Waals surface area contributed by atoms with Crippen LogP contribution in [0.25, 0.3) is 0 Å². The zero-order valence-corrected chi connectivity index (χ0v) is 14.4. The molecule has 0 saturated carbocycles. The Hall–Kier alpha value is -1.65. The molecule has 3 rings (SSSR count). The van der Waals surface area contributed by atoms with Gasteiger partial charge in [-0.05, 0) is 25.3 Å². The van der Waals surface area contributed by atoms with Gasteiger partial charge in [0.2, 0.25) is 0 Å². The van der Waals surface area contributed by atoms with Gasteiger partial charge in [-0.25, -0.2) is 4.98 Å². The maximum absolute atomic E-state index is 5.96. The maximum Gasteiger partial charge on any atom is 0.106 e. The molecule has 2 aromatic rings. The number of piperidine rings is 1. The molecule has 0 aliphatic carbocycles. The average Bonchev–Trinajstić information content (AvgIpc) is 2.96. The van der Waals surface area contributed by atoms with Crippen molar-refractivity contribution in [3.05, 3.63) is 53.1 Å². The van der Waals surface area contributed by atoms with Crippen LogP contribution in [0.5, 0.6) is 0 Å². The molecule has 0 radical (unpaired) electrons. The Bertz CT molecular complexity index is 627. The molecule has 1 aliphatic rings. The van der Waals surface area contributed by atoms with E-state index in [9.17, 15) is 0 Å². The summed E-state index contributed by atoms with van der Waals surface area (Å²) in [6, 6.07) is 10.6. The Labute approximate surface area is 138 Å². The summed E-state index contributed by atoms with van der Waals surface area (Å²) in [5, 5.41) is 0. The SMILES string of the molecule is CCc1nc(CN2CCC(OC)(c3ccccc3)CC2)c(C)[nH]1. The Balaban J connectivity index is 1.66. The highest BCUT2D eigenvalue weighted by atomic mass is 16.5. The summed E-state index contributed by atoms with van der Waals surface area (Å²) in [4.78, 5) is 10.6. The van der Waals surface area contributed by atoms with Crippen LogP contribution in [-0.4, -0.2) is 35.1 Å². The monoisotopic (exact) mass is 313 g/mol. The number of aromatic nitrogens is 2. The molecular formula is C19H27N3O. The fourth-order valence-electron chi connectivity index (χ4n) is 3.52. The highest BCUT2D eigenvalue weighted by Gasteiger charge is 2.36. The van der Waals surface area contributed by atoms with E-state index in [0.717, 1.165) is 44.7 Å². The third-order valence-electron chi connectivity index (χ3n) is 5.10. The van der Waals surface area contributed by atoms with Gasteiger partial charge in [0.05, 0.1) is 11.3 Å². The Morgan fingerprint density at radius 3 is 2.48 bits per heavy atom. The Morgan fingerprint density at radius 1 is 1.22 bits per heavy atom. The zero-order valence-electron chi connectivity index (χ0n) is 14.4. The zero-order chi connectivity index (χ0) is 16.3. The van der Waals surface area contributed by atoms with Crippen LogP contribution in [0.4, 0.5) is 0 Å². The molecule has 1 aromatic carbocycles. The van der Waals surface area contributed by atoms with E-state index < -0.39 is 0 Å². The number of likely N-dealkylation sites (tertiary alicyclic amines) is 1. The van der Waals surface area contributed by atoms with Crippen LogP contribution in [-0.2, 0) is 23.3 Å². The minimum absolute atomic E-state index is 0.132. The largest absolute Gasteiger partial charge is 0.373 e. The van der Waals surface area contributed by atoms with E-state index in [-0.39, 0.29) is 5.60 Å². The van der Waals surface area contributed by atoms with Crippen molar-refractivity contribution in [1.29, 1.82) is 0 Å². The predicted molar refractivity (Wildman–Crippen MR) is 92.3 cm³/mol. The van der Waals surface area contributed by atoms with Crippen molar-refractivity contribution in [2.75, 3.05) is 20.2 Å². The van der Waals surface area contributed by atoms with Crippen LogP contribution in [0.3, 0.4) is 0 Å². The molecule has 2 heterocycles. The van der Waals surface area contributed by atoms with Crippen molar-refractivity contribution in [3.8, 4) is 0 Å². The molecule has 1 N–H and O–H groups in total. The number of aromatic amines is 1. The summed E-state index contributed by atoms with van der Waals surface area (Å²) in [6.45, 7) is 7.26. The number of ether oxygens (including phenoxy) is 1. The summed E-state index contributed by atoms with van der Waals surface area (Å²) < 4.78 is 5.96. The number of benzene rings is 1. The van der Waals surface area contributed by atoms with Gasteiger partial charge in [0, 0.05) is 38.9 Å². The van der Waals surface area contributed by atoms with E-state index >= 15 is 0 Å². The molecule has 1 aliphatic heterocycles. The predicted octanol–water partition coefficient (Wildman–Crippen LogP) is 3.42. The Kier molecular flexibility index (Phi) is 4.83. The standard InChI is InChI=1S/C19H27N3O/c1-4-18-20-15(2)17(21-18)14-22-12-10-19(23-3,11-13-22)16-8-6-5-7-9-16/h5-9H,4,10-14H2,1-3H3,(H,20,21). The fourth-order valence-corrected chi connectivity index (χ4v) is 3.52. The van der Waals surface area contributed by atoms with Gasteiger partial charge in [0.25, 0.3) is 0 Å². The van der Waals surface area contributed by atoms with Gasteiger partial charge in [0.15, 0.2) is 0 Å². The van der Waals surface area contributed by atoms with Crippen LogP contribution in [0.15, 0.2) is 30.3 Å². The first-order valence-electron chi connectivity index (χ1n) is 8.54. The third-order valence-corrected chi connectivity index (χ3v) is 5.10. The fraction of sp³-hybridized carbons (Fsp3) is 0.526. The molecule has 1 saturated heterocycles. The molecule has 23 heavy (non-hydrogen) atoms. The van der Waals surface area contributed by atoms with Crippen molar-refractivity contribution in [2.45, 2.75) is 45.3 Å². The number of nitrogens with zero attached hydrogens (tertiary/aromatic N) is 2. The van der Waals surface area contributed by atoms with Crippen molar-refractivity contribution in [3.63, 3.8) is 0 Å². The molecular weight excluding hydrogens is 286 g/mol. The second-order valence-corrected chi connectivity index (χ2v) is 6.45. The van der Waals surface area contributed by atoms with E-state index in [1.54, 1.807) is 0 Å².